The van der Waals surface area contributed by atoms with Crippen LogP contribution in [-0.4, -0.2) is 46.6 Å². The van der Waals surface area contributed by atoms with Crippen LogP contribution in [-0.2, 0) is 14.4 Å². The molecule has 1 saturated heterocycles. The molecule has 1 aromatic rings. The summed E-state index contributed by atoms with van der Waals surface area (Å²) < 4.78 is 0. The number of hydrogen-bond donors (Lipinski definition) is 1. The zero-order chi connectivity index (χ0) is 17.9. The number of hydrogen-bond acceptors (Lipinski definition) is 4. The Hall–Kier alpha value is -2.96. The van der Waals surface area contributed by atoms with Crippen molar-refractivity contribution in [2.75, 3.05) is 18.4 Å². The van der Waals surface area contributed by atoms with Crippen LogP contribution in [0.1, 0.15) is 25.3 Å². The topological polar surface area (TPSA) is 86.8 Å². The number of imide groups is 2. The number of para-hydroxylation sites is 1. The fourth-order valence-electron chi connectivity index (χ4n) is 2.43. The van der Waals surface area contributed by atoms with Crippen LogP contribution in [0.15, 0.2) is 36.9 Å². The van der Waals surface area contributed by atoms with Crippen molar-refractivity contribution in [2.45, 2.75) is 19.8 Å². The zero-order valence-corrected chi connectivity index (χ0v) is 13.6. The van der Waals surface area contributed by atoms with Gasteiger partial charge in [0.05, 0.1) is 0 Å². The van der Waals surface area contributed by atoms with Crippen LogP contribution in [0.3, 0.4) is 0 Å². The van der Waals surface area contributed by atoms with E-state index in [1.807, 2.05) is 26.0 Å². The average Bonchev–Trinajstić information content (AvgIpc) is 2.73. The molecule has 0 aromatic heterocycles. The summed E-state index contributed by atoms with van der Waals surface area (Å²) in [6, 6.07) is 6.47. The Balaban J connectivity index is 2.10. The first-order valence-electron chi connectivity index (χ1n) is 7.53. The van der Waals surface area contributed by atoms with E-state index in [0.717, 1.165) is 10.5 Å². The lowest BCUT2D eigenvalue weighted by atomic mass is 10.0. The summed E-state index contributed by atoms with van der Waals surface area (Å²) in [6.07, 6.45) is 1.34. The van der Waals surface area contributed by atoms with Crippen LogP contribution in [0, 0.1) is 0 Å². The molecule has 7 nitrogen and oxygen atoms in total. The number of urea groups is 1. The molecule has 24 heavy (non-hydrogen) atoms. The molecule has 1 aliphatic heterocycles. The van der Waals surface area contributed by atoms with Gasteiger partial charge in [0.15, 0.2) is 0 Å². The number of carbonyl (C=O) groups excluding carboxylic acids is 4. The standard InChI is InChI=1S/C17H19N3O4/c1-4-9-19-15(22)16(23)20(17(19)24)10-14(21)18-13-8-6-5-7-12(13)11(2)3/h4-8,11H,1,9-10H2,2-3H3,(H,18,21). The number of rotatable bonds is 6. The normalized spacial score (nSPS) is 14.5. The van der Waals surface area contributed by atoms with Gasteiger partial charge in [-0.05, 0) is 17.5 Å². The van der Waals surface area contributed by atoms with Crippen molar-refractivity contribution in [3.8, 4) is 0 Å². The van der Waals surface area contributed by atoms with E-state index in [1.165, 1.54) is 6.08 Å². The molecule has 0 saturated carbocycles. The van der Waals surface area contributed by atoms with E-state index >= 15 is 0 Å². The van der Waals surface area contributed by atoms with E-state index in [0.29, 0.717) is 10.6 Å². The molecule has 1 fully saturated rings. The molecule has 0 radical (unpaired) electrons. The molecule has 0 bridgehead atoms. The minimum Gasteiger partial charge on any atom is -0.324 e. The van der Waals surface area contributed by atoms with Crippen LogP contribution in [0.2, 0.25) is 0 Å². The van der Waals surface area contributed by atoms with Crippen molar-refractivity contribution in [1.82, 2.24) is 9.80 Å². The lowest BCUT2D eigenvalue weighted by Gasteiger charge is -2.16. The highest BCUT2D eigenvalue weighted by atomic mass is 16.2. The third-order valence-electron chi connectivity index (χ3n) is 3.61. The summed E-state index contributed by atoms with van der Waals surface area (Å²) in [4.78, 5) is 49.3. The minimum atomic E-state index is -1.01. The van der Waals surface area contributed by atoms with Gasteiger partial charge in [-0.15, -0.1) is 6.58 Å². The van der Waals surface area contributed by atoms with Crippen molar-refractivity contribution in [2.24, 2.45) is 0 Å². The third-order valence-corrected chi connectivity index (χ3v) is 3.61. The first kappa shape index (κ1) is 17.4. The molecule has 1 heterocycles. The predicted octanol–water partition coefficient (Wildman–Crippen LogP) is 1.73. The summed E-state index contributed by atoms with van der Waals surface area (Å²) in [5, 5.41) is 2.69. The largest absolute Gasteiger partial charge is 0.335 e. The SMILES string of the molecule is C=CCN1C(=O)C(=O)N(CC(=O)Nc2ccccc2C(C)C)C1=O. The van der Waals surface area contributed by atoms with Crippen LogP contribution >= 0.6 is 0 Å². The lowest BCUT2D eigenvalue weighted by Crippen LogP contribution is -2.39. The van der Waals surface area contributed by atoms with Gasteiger partial charge in [0.25, 0.3) is 0 Å². The molecule has 5 amide bonds. The van der Waals surface area contributed by atoms with Crippen molar-refractivity contribution < 1.29 is 19.2 Å². The maximum Gasteiger partial charge on any atom is 0.335 e. The first-order valence-corrected chi connectivity index (χ1v) is 7.53. The van der Waals surface area contributed by atoms with Crippen molar-refractivity contribution in [1.29, 1.82) is 0 Å². The molecule has 2 rings (SSSR count). The Morgan fingerprint density at radius 2 is 1.79 bits per heavy atom. The smallest absolute Gasteiger partial charge is 0.324 e. The summed E-state index contributed by atoms with van der Waals surface area (Å²) in [6.45, 7) is 6.83. The van der Waals surface area contributed by atoms with E-state index in [2.05, 4.69) is 11.9 Å². The minimum absolute atomic E-state index is 0.0717. The summed E-state index contributed by atoms with van der Waals surface area (Å²) >= 11 is 0. The Kier molecular flexibility index (Phi) is 5.13. The number of carbonyl (C=O) groups is 4. The highest BCUT2D eigenvalue weighted by Gasteiger charge is 2.44. The highest BCUT2D eigenvalue weighted by Crippen LogP contribution is 2.23. The monoisotopic (exact) mass is 329 g/mol. The van der Waals surface area contributed by atoms with E-state index in [1.54, 1.807) is 12.1 Å². The van der Waals surface area contributed by atoms with Crippen LogP contribution < -0.4 is 5.32 Å². The number of nitrogens with one attached hydrogen (secondary N) is 1. The van der Waals surface area contributed by atoms with Gasteiger partial charge in [0.1, 0.15) is 6.54 Å². The second kappa shape index (κ2) is 7.08. The van der Waals surface area contributed by atoms with Crippen LogP contribution in [0.4, 0.5) is 10.5 Å². The highest BCUT2D eigenvalue weighted by molar-refractivity contribution is 6.45. The Morgan fingerprint density at radius 3 is 2.42 bits per heavy atom. The second-order valence-electron chi connectivity index (χ2n) is 5.67. The lowest BCUT2D eigenvalue weighted by molar-refractivity contribution is -0.143. The maximum absolute atomic E-state index is 12.2. The molecule has 0 atom stereocenters. The predicted molar refractivity (Wildman–Crippen MR) is 88.2 cm³/mol. The van der Waals surface area contributed by atoms with E-state index < -0.39 is 30.3 Å². The van der Waals surface area contributed by atoms with Crippen molar-refractivity contribution >= 4 is 29.4 Å². The van der Waals surface area contributed by atoms with Crippen LogP contribution in [0.5, 0.6) is 0 Å². The fourth-order valence-corrected chi connectivity index (χ4v) is 2.43. The molecule has 0 unspecified atom stereocenters. The summed E-state index contributed by atoms with van der Waals surface area (Å²) in [5.41, 5.74) is 1.56. The molecule has 7 heteroatoms. The Labute approximate surface area is 139 Å². The molecule has 126 valence electrons. The van der Waals surface area contributed by atoms with Gasteiger partial charge in [0, 0.05) is 12.2 Å². The maximum atomic E-state index is 12.2. The van der Waals surface area contributed by atoms with Gasteiger partial charge in [-0.3, -0.25) is 19.3 Å². The van der Waals surface area contributed by atoms with E-state index in [-0.39, 0.29) is 12.5 Å². The van der Waals surface area contributed by atoms with Gasteiger partial charge < -0.3 is 5.32 Å². The zero-order valence-electron chi connectivity index (χ0n) is 13.6. The van der Waals surface area contributed by atoms with Crippen molar-refractivity contribution in [3.05, 3.63) is 42.5 Å². The van der Waals surface area contributed by atoms with Gasteiger partial charge >= 0.3 is 17.8 Å². The third kappa shape index (κ3) is 3.34. The summed E-state index contributed by atoms with van der Waals surface area (Å²) in [5.74, 6) is -2.30. The summed E-state index contributed by atoms with van der Waals surface area (Å²) in [7, 11) is 0. The molecular weight excluding hydrogens is 310 g/mol. The van der Waals surface area contributed by atoms with Gasteiger partial charge in [-0.25, -0.2) is 9.69 Å². The number of anilines is 1. The second-order valence-corrected chi connectivity index (χ2v) is 5.67. The average molecular weight is 329 g/mol. The molecular formula is C17H19N3O4. The molecule has 1 aliphatic rings. The van der Waals surface area contributed by atoms with Crippen molar-refractivity contribution in [3.63, 3.8) is 0 Å². The van der Waals surface area contributed by atoms with E-state index in [4.69, 9.17) is 0 Å². The van der Waals surface area contributed by atoms with Gasteiger partial charge in [0.2, 0.25) is 5.91 Å². The van der Waals surface area contributed by atoms with Gasteiger partial charge in [-0.1, -0.05) is 38.1 Å². The molecule has 0 aliphatic carbocycles. The first-order chi connectivity index (χ1) is 11.4. The molecule has 1 N–H and O–H groups in total. The molecule has 1 aromatic carbocycles. The Bertz CT molecular complexity index is 712. The quantitative estimate of drug-likeness (QED) is 0.489. The fraction of sp³-hybridized carbons (Fsp3) is 0.294. The van der Waals surface area contributed by atoms with Gasteiger partial charge in [-0.2, -0.15) is 0 Å². The number of amides is 5. The van der Waals surface area contributed by atoms with E-state index in [9.17, 15) is 19.2 Å². The Morgan fingerprint density at radius 1 is 1.17 bits per heavy atom. The number of benzene rings is 1. The molecule has 0 spiro atoms. The number of nitrogens with zero attached hydrogens (tertiary/aromatic N) is 2. The van der Waals surface area contributed by atoms with Crippen LogP contribution in [0.25, 0.3) is 0 Å².